The maximum atomic E-state index is 13.4. The number of fused-ring (bicyclic) bond motifs is 1. The van der Waals surface area contributed by atoms with Crippen molar-refractivity contribution in [2.45, 2.75) is 11.4 Å². The molecule has 32 heavy (non-hydrogen) atoms. The quantitative estimate of drug-likeness (QED) is 0.417. The number of hydrogen-bond acceptors (Lipinski definition) is 6. The zero-order valence-electron chi connectivity index (χ0n) is 18.0. The van der Waals surface area contributed by atoms with Gasteiger partial charge in [0.05, 0.1) is 30.8 Å². The molecule has 0 atom stereocenters. The Kier molecular flexibility index (Phi) is 5.77. The molecule has 1 heterocycles. The molecule has 3 aromatic carbocycles. The van der Waals surface area contributed by atoms with Gasteiger partial charge in [-0.1, -0.05) is 24.3 Å². The highest BCUT2D eigenvalue weighted by Crippen LogP contribution is 2.34. The first kappa shape index (κ1) is 21.7. The number of aryl methyl sites for hydroxylation is 1. The predicted octanol–water partition coefficient (Wildman–Crippen LogP) is 3.32. The molecule has 0 spiro atoms. The van der Waals surface area contributed by atoms with Crippen LogP contribution >= 0.6 is 0 Å². The summed E-state index contributed by atoms with van der Waals surface area (Å²) in [5.74, 6) is 1.15. The number of anilines is 1. The Bertz CT molecular complexity index is 1400. The SMILES string of the molecule is COc1ccc(CNS(=O)(=O)c2cc(N)ccc2-c2cccc3c2cnn3C)c(OC)c1. The molecule has 0 unspecified atom stereocenters. The van der Waals surface area contributed by atoms with Gasteiger partial charge < -0.3 is 15.2 Å². The molecular formula is C23H24N4O4S. The summed E-state index contributed by atoms with van der Waals surface area (Å²) in [4.78, 5) is 0.0985. The van der Waals surface area contributed by atoms with Crippen molar-refractivity contribution in [1.82, 2.24) is 14.5 Å². The topological polar surface area (TPSA) is 108 Å². The molecule has 0 fully saturated rings. The van der Waals surface area contributed by atoms with Gasteiger partial charge in [-0.05, 0) is 29.8 Å². The Labute approximate surface area is 186 Å². The van der Waals surface area contributed by atoms with E-state index < -0.39 is 10.0 Å². The van der Waals surface area contributed by atoms with Crippen molar-refractivity contribution < 1.29 is 17.9 Å². The number of aromatic nitrogens is 2. The van der Waals surface area contributed by atoms with Gasteiger partial charge in [-0.3, -0.25) is 4.68 Å². The van der Waals surface area contributed by atoms with Crippen molar-refractivity contribution in [3.05, 3.63) is 66.4 Å². The first-order valence-electron chi connectivity index (χ1n) is 9.85. The first-order valence-corrected chi connectivity index (χ1v) is 11.3. The summed E-state index contributed by atoms with van der Waals surface area (Å²) in [7, 11) is 1.02. The average Bonchev–Trinajstić information content (AvgIpc) is 3.18. The minimum absolute atomic E-state index is 0.0425. The maximum Gasteiger partial charge on any atom is 0.241 e. The molecule has 8 nitrogen and oxygen atoms in total. The third kappa shape index (κ3) is 4.00. The van der Waals surface area contributed by atoms with E-state index in [0.717, 1.165) is 16.5 Å². The van der Waals surface area contributed by atoms with Crippen LogP contribution in [-0.2, 0) is 23.6 Å². The second kappa shape index (κ2) is 8.52. The maximum absolute atomic E-state index is 13.4. The van der Waals surface area contributed by atoms with E-state index in [1.165, 1.54) is 13.2 Å². The highest BCUT2D eigenvalue weighted by Gasteiger charge is 2.22. The zero-order valence-corrected chi connectivity index (χ0v) is 18.8. The molecule has 4 aromatic rings. The van der Waals surface area contributed by atoms with Crippen LogP contribution in [0.5, 0.6) is 11.5 Å². The third-order valence-electron chi connectivity index (χ3n) is 5.32. The standard InChI is InChI=1S/C23H24N4O4S/c1-27-21-6-4-5-18(20(21)14-25-27)19-10-8-16(24)11-23(19)32(28,29)26-13-15-7-9-17(30-2)12-22(15)31-3/h4-12,14,26H,13,24H2,1-3H3. The van der Waals surface area contributed by atoms with Crippen LogP contribution in [0.2, 0.25) is 0 Å². The van der Waals surface area contributed by atoms with E-state index in [-0.39, 0.29) is 11.4 Å². The average molecular weight is 453 g/mol. The van der Waals surface area contributed by atoms with E-state index in [0.29, 0.717) is 28.3 Å². The minimum atomic E-state index is -3.91. The van der Waals surface area contributed by atoms with Crippen molar-refractivity contribution >= 4 is 26.6 Å². The number of nitrogens with two attached hydrogens (primary N) is 1. The fourth-order valence-electron chi connectivity index (χ4n) is 3.64. The van der Waals surface area contributed by atoms with Gasteiger partial charge >= 0.3 is 0 Å². The molecule has 0 radical (unpaired) electrons. The van der Waals surface area contributed by atoms with E-state index in [1.54, 1.807) is 48.3 Å². The van der Waals surface area contributed by atoms with Crippen molar-refractivity contribution in [3.63, 3.8) is 0 Å². The van der Waals surface area contributed by atoms with Crippen LogP contribution in [-0.4, -0.2) is 32.4 Å². The lowest BCUT2D eigenvalue weighted by Gasteiger charge is -2.15. The molecule has 0 saturated heterocycles. The van der Waals surface area contributed by atoms with Gasteiger partial charge in [0, 0.05) is 41.9 Å². The number of benzene rings is 3. The van der Waals surface area contributed by atoms with Crippen molar-refractivity contribution in [1.29, 1.82) is 0 Å². The van der Waals surface area contributed by atoms with E-state index in [4.69, 9.17) is 15.2 Å². The highest BCUT2D eigenvalue weighted by atomic mass is 32.2. The summed E-state index contributed by atoms with van der Waals surface area (Å²) in [6.45, 7) is 0.0425. The number of hydrogen-bond donors (Lipinski definition) is 2. The van der Waals surface area contributed by atoms with Gasteiger partial charge in [0.15, 0.2) is 0 Å². The normalized spacial score (nSPS) is 11.6. The van der Waals surface area contributed by atoms with Gasteiger partial charge in [0.1, 0.15) is 11.5 Å². The monoisotopic (exact) mass is 452 g/mol. The Morgan fingerprint density at radius 3 is 2.59 bits per heavy atom. The summed E-state index contributed by atoms with van der Waals surface area (Å²) < 4.78 is 41.7. The lowest BCUT2D eigenvalue weighted by Crippen LogP contribution is -2.24. The fourth-order valence-corrected chi connectivity index (χ4v) is 4.90. The molecule has 0 amide bonds. The molecule has 166 valence electrons. The number of methoxy groups -OCH3 is 2. The first-order chi connectivity index (χ1) is 15.3. The molecule has 4 rings (SSSR count). The van der Waals surface area contributed by atoms with Gasteiger partial charge in [0.2, 0.25) is 10.0 Å². The molecule has 9 heteroatoms. The summed E-state index contributed by atoms with van der Waals surface area (Å²) in [6.07, 6.45) is 1.73. The minimum Gasteiger partial charge on any atom is -0.497 e. The van der Waals surface area contributed by atoms with E-state index >= 15 is 0 Å². The summed E-state index contributed by atoms with van der Waals surface area (Å²) in [5.41, 5.74) is 9.21. The molecule has 0 aliphatic heterocycles. The smallest absolute Gasteiger partial charge is 0.241 e. The van der Waals surface area contributed by atoms with E-state index in [2.05, 4.69) is 9.82 Å². The Hall–Kier alpha value is -3.56. The number of ether oxygens (including phenoxy) is 2. The highest BCUT2D eigenvalue weighted by molar-refractivity contribution is 7.89. The van der Waals surface area contributed by atoms with Gasteiger partial charge in [0.25, 0.3) is 0 Å². The predicted molar refractivity (Wildman–Crippen MR) is 124 cm³/mol. The second-order valence-corrected chi connectivity index (χ2v) is 9.00. The molecule has 0 saturated carbocycles. The number of sulfonamides is 1. The van der Waals surface area contributed by atoms with Crippen LogP contribution in [0.15, 0.2) is 65.7 Å². The van der Waals surface area contributed by atoms with Crippen LogP contribution < -0.4 is 19.9 Å². The Morgan fingerprint density at radius 1 is 1.03 bits per heavy atom. The van der Waals surface area contributed by atoms with Crippen LogP contribution in [0.3, 0.4) is 0 Å². The summed E-state index contributed by atoms with van der Waals surface area (Å²) in [6, 6.07) is 15.8. The largest absolute Gasteiger partial charge is 0.497 e. The third-order valence-corrected chi connectivity index (χ3v) is 6.77. The van der Waals surface area contributed by atoms with Gasteiger partial charge in [-0.25, -0.2) is 13.1 Å². The molecule has 0 aliphatic rings. The molecule has 3 N–H and O–H groups in total. The van der Waals surface area contributed by atoms with Crippen molar-refractivity contribution in [3.8, 4) is 22.6 Å². The van der Waals surface area contributed by atoms with Crippen LogP contribution in [0.25, 0.3) is 22.0 Å². The second-order valence-electron chi connectivity index (χ2n) is 7.26. The van der Waals surface area contributed by atoms with E-state index in [1.807, 2.05) is 25.2 Å². The summed E-state index contributed by atoms with van der Waals surface area (Å²) in [5, 5.41) is 5.16. The molecule has 1 aromatic heterocycles. The number of rotatable bonds is 7. The zero-order chi connectivity index (χ0) is 22.9. The Morgan fingerprint density at radius 2 is 1.84 bits per heavy atom. The Balaban J connectivity index is 1.74. The number of nitrogen functional groups attached to an aromatic ring is 1. The molecule has 0 bridgehead atoms. The van der Waals surface area contributed by atoms with E-state index in [9.17, 15) is 8.42 Å². The molecular weight excluding hydrogens is 428 g/mol. The van der Waals surface area contributed by atoms with Gasteiger partial charge in [-0.2, -0.15) is 5.10 Å². The van der Waals surface area contributed by atoms with Crippen LogP contribution in [0.4, 0.5) is 5.69 Å². The lowest BCUT2D eigenvalue weighted by molar-refractivity contribution is 0.390. The van der Waals surface area contributed by atoms with Gasteiger partial charge in [-0.15, -0.1) is 0 Å². The van der Waals surface area contributed by atoms with Crippen molar-refractivity contribution in [2.75, 3.05) is 20.0 Å². The fraction of sp³-hybridized carbons (Fsp3) is 0.174. The summed E-state index contributed by atoms with van der Waals surface area (Å²) >= 11 is 0. The lowest BCUT2D eigenvalue weighted by atomic mass is 10.0. The van der Waals surface area contributed by atoms with Crippen LogP contribution in [0, 0.1) is 0 Å². The number of nitrogens with one attached hydrogen (secondary N) is 1. The molecule has 0 aliphatic carbocycles. The number of nitrogens with zero attached hydrogens (tertiary/aromatic N) is 2. The van der Waals surface area contributed by atoms with Crippen molar-refractivity contribution in [2.24, 2.45) is 7.05 Å². The van der Waals surface area contributed by atoms with Crippen LogP contribution in [0.1, 0.15) is 5.56 Å².